The van der Waals surface area contributed by atoms with E-state index in [1.165, 1.54) is 11.1 Å². The van der Waals surface area contributed by atoms with E-state index < -0.39 is 0 Å². The van der Waals surface area contributed by atoms with Crippen LogP contribution in [0.4, 0.5) is 0 Å². The van der Waals surface area contributed by atoms with Crippen LogP contribution in [0.3, 0.4) is 0 Å². The summed E-state index contributed by atoms with van der Waals surface area (Å²) in [6.45, 7) is 10.2. The maximum Gasteiger partial charge on any atom is 0.162 e. The molecule has 218 valence electrons. The molecule has 4 heteroatoms. The van der Waals surface area contributed by atoms with Gasteiger partial charge in [-0.15, -0.1) is 0 Å². The van der Waals surface area contributed by atoms with Gasteiger partial charge in [0.2, 0.25) is 0 Å². The molecule has 0 bridgehead atoms. The van der Waals surface area contributed by atoms with Crippen molar-refractivity contribution in [1.82, 2.24) is 9.47 Å². The predicted octanol–water partition coefficient (Wildman–Crippen LogP) is 8.58. The Balaban J connectivity index is 1.48. The second-order valence-corrected chi connectivity index (χ2v) is 14.3. The van der Waals surface area contributed by atoms with E-state index in [0.29, 0.717) is 19.4 Å². The molecule has 3 aliphatic rings. The van der Waals surface area contributed by atoms with Crippen LogP contribution in [-0.2, 0) is 22.7 Å². The first-order valence-electron chi connectivity index (χ1n) is 15.6. The van der Waals surface area contributed by atoms with Crippen LogP contribution in [0, 0.1) is 10.8 Å². The van der Waals surface area contributed by atoms with Crippen LogP contribution in [0.15, 0.2) is 114 Å². The molecule has 43 heavy (non-hydrogen) atoms. The zero-order valence-electron chi connectivity index (χ0n) is 25.7. The summed E-state index contributed by atoms with van der Waals surface area (Å²) in [7, 11) is 0. The van der Waals surface area contributed by atoms with Crippen molar-refractivity contribution < 1.29 is 9.59 Å². The highest BCUT2D eigenvalue weighted by Crippen LogP contribution is 2.55. The van der Waals surface area contributed by atoms with Gasteiger partial charge in [-0.1, -0.05) is 107 Å². The van der Waals surface area contributed by atoms with Gasteiger partial charge in [0.15, 0.2) is 11.6 Å². The lowest BCUT2D eigenvalue weighted by Gasteiger charge is -2.49. The Morgan fingerprint density at radius 3 is 1.67 bits per heavy atom. The molecule has 0 amide bonds. The number of carbonyl (C=O) groups is 2. The van der Waals surface area contributed by atoms with Crippen LogP contribution in [-0.4, -0.2) is 21.0 Å². The number of fused-ring (bicyclic) bond motifs is 1. The zero-order chi connectivity index (χ0) is 29.9. The Labute approximate surface area is 254 Å². The van der Waals surface area contributed by atoms with Crippen molar-refractivity contribution in [1.29, 1.82) is 0 Å². The molecular weight excluding hydrogens is 528 g/mol. The van der Waals surface area contributed by atoms with Crippen molar-refractivity contribution in [3.63, 3.8) is 0 Å². The highest BCUT2D eigenvalue weighted by Gasteiger charge is 2.49. The first kappa shape index (κ1) is 27.6. The van der Waals surface area contributed by atoms with Gasteiger partial charge < -0.3 is 9.47 Å². The van der Waals surface area contributed by atoms with E-state index in [9.17, 15) is 9.59 Å². The molecule has 0 atom stereocenters. The monoisotopic (exact) mass is 568 g/mol. The van der Waals surface area contributed by atoms with Crippen LogP contribution in [0.25, 0.3) is 10.9 Å². The summed E-state index contributed by atoms with van der Waals surface area (Å²) >= 11 is 0. The van der Waals surface area contributed by atoms with Crippen LogP contribution in [0.2, 0.25) is 0 Å². The lowest BCUT2D eigenvalue weighted by molar-refractivity contribution is -0.119. The highest BCUT2D eigenvalue weighted by molar-refractivity contribution is 6.08. The third-order valence-electron chi connectivity index (χ3n) is 9.53. The Hall–Kier alpha value is -4.18. The standard InChI is InChI=1S/C39H40N2O2/c1-38(2)19-31-36(33(42)21-38)35(29-25-40(23-26-13-7-5-8-14-26)30-18-12-11-17-28(29)30)37-32(20-39(3,4)22-34(37)43)41(31)24-27-15-9-6-10-16-27/h5-18,25,35H,19-24H2,1-4H3. The van der Waals surface area contributed by atoms with E-state index in [1.807, 2.05) is 12.1 Å². The van der Waals surface area contributed by atoms with Crippen molar-refractivity contribution >= 4 is 22.5 Å². The van der Waals surface area contributed by atoms with Crippen LogP contribution in [0.5, 0.6) is 0 Å². The summed E-state index contributed by atoms with van der Waals surface area (Å²) in [5, 5.41) is 1.12. The number of hydrogen-bond acceptors (Lipinski definition) is 3. The van der Waals surface area contributed by atoms with Crippen LogP contribution < -0.4 is 0 Å². The Morgan fingerprint density at radius 1 is 0.628 bits per heavy atom. The van der Waals surface area contributed by atoms with E-state index in [1.54, 1.807) is 0 Å². The molecule has 0 N–H and O–H groups in total. The van der Waals surface area contributed by atoms with E-state index in [4.69, 9.17) is 0 Å². The summed E-state index contributed by atoms with van der Waals surface area (Å²) in [5.41, 5.74) is 8.21. The fraction of sp³-hybridized carbons (Fsp3) is 0.333. The highest BCUT2D eigenvalue weighted by atomic mass is 16.1. The molecule has 4 aromatic rings. The molecule has 3 aromatic carbocycles. The van der Waals surface area contributed by atoms with Gasteiger partial charge in [0.05, 0.1) is 0 Å². The first-order valence-corrected chi connectivity index (χ1v) is 15.6. The fourth-order valence-corrected chi connectivity index (χ4v) is 7.73. The SMILES string of the molecule is CC1(C)CC(=O)C2=C(C1)N(Cc1ccccc1)C1=C(C(=O)CC(C)(C)C1)C2c1cn(Cc2ccccc2)c2ccccc12. The van der Waals surface area contributed by atoms with E-state index in [-0.39, 0.29) is 28.3 Å². The Kier molecular flexibility index (Phi) is 6.57. The third kappa shape index (κ3) is 4.97. The van der Waals surface area contributed by atoms with Gasteiger partial charge in [0, 0.05) is 71.5 Å². The van der Waals surface area contributed by atoms with E-state index in [0.717, 1.165) is 58.4 Å². The minimum absolute atomic E-state index is 0.150. The smallest absolute Gasteiger partial charge is 0.162 e. The molecule has 0 saturated heterocycles. The van der Waals surface area contributed by atoms with Gasteiger partial charge >= 0.3 is 0 Å². The molecule has 1 aliphatic heterocycles. The predicted molar refractivity (Wildman–Crippen MR) is 172 cm³/mol. The van der Waals surface area contributed by atoms with Gasteiger partial charge in [-0.05, 0) is 46.4 Å². The second kappa shape index (κ2) is 10.2. The van der Waals surface area contributed by atoms with E-state index >= 15 is 0 Å². The number of carbonyl (C=O) groups excluding carboxylic acids is 2. The first-order chi connectivity index (χ1) is 20.6. The van der Waals surface area contributed by atoms with Crippen molar-refractivity contribution in [2.45, 2.75) is 72.4 Å². The lowest BCUT2D eigenvalue weighted by atomic mass is 9.63. The topological polar surface area (TPSA) is 42.3 Å². The average molecular weight is 569 g/mol. The lowest BCUT2D eigenvalue weighted by Crippen LogP contribution is -2.44. The maximum atomic E-state index is 14.3. The molecule has 0 fully saturated rings. The summed E-state index contributed by atoms with van der Waals surface area (Å²) in [6, 6.07) is 29.4. The normalized spacial score (nSPS) is 20.0. The average Bonchev–Trinajstić information content (AvgIpc) is 3.31. The number of Topliss-reactive ketones (excluding diaryl/α,β-unsaturated/α-hetero) is 2. The molecule has 0 radical (unpaired) electrons. The third-order valence-corrected chi connectivity index (χ3v) is 9.53. The number of rotatable bonds is 5. The van der Waals surface area contributed by atoms with Crippen molar-refractivity contribution in [3.8, 4) is 0 Å². The molecule has 2 aliphatic carbocycles. The molecule has 0 unspecified atom stereocenters. The summed E-state index contributed by atoms with van der Waals surface area (Å²) in [5.74, 6) is 0.00270. The number of hydrogen-bond donors (Lipinski definition) is 0. The molecule has 0 saturated carbocycles. The number of aromatic nitrogens is 1. The van der Waals surface area contributed by atoms with Crippen molar-refractivity contribution in [3.05, 3.63) is 130 Å². The summed E-state index contributed by atoms with van der Waals surface area (Å²) in [4.78, 5) is 31.1. The van der Waals surface area contributed by atoms with Crippen LogP contribution >= 0.6 is 0 Å². The number of ketones is 2. The molecule has 0 spiro atoms. The fourth-order valence-electron chi connectivity index (χ4n) is 7.73. The molecule has 1 aromatic heterocycles. The Morgan fingerprint density at radius 2 is 1.12 bits per heavy atom. The number of allylic oxidation sites excluding steroid dienone is 4. The molecule has 2 heterocycles. The number of benzene rings is 3. The molecular formula is C39H40N2O2. The molecule has 7 rings (SSSR count). The van der Waals surface area contributed by atoms with Gasteiger partial charge in [-0.2, -0.15) is 0 Å². The second-order valence-electron chi connectivity index (χ2n) is 14.3. The number of para-hydroxylation sites is 1. The minimum atomic E-state index is -0.355. The summed E-state index contributed by atoms with van der Waals surface area (Å²) < 4.78 is 2.30. The van der Waals surface area contributed by atoms with Crippen molar-refractivity contribution in [2.75, 3.05) is 0 Å². The van der Waals surface area contributed by atoms with Gasteiger partial charge in [-0.3, -0.25) is 9.59 Å². The minimum Gasteiger partial charge on any atom is -0.343 e. The van der Waals surface area contributed by atoms with E-state index in [2.05, 4.69) is 116 Å². The summed E-state index contributed by atoms with van der Waals surface area (Å²) in [6.07, 6.45) is 4.83. The molecule has 4 nitrogen and oxygen atoms in total. The van der Waals surface area contributed by atoms with Gasteiger partial charge in [-0.25, -0.2) is 0 Å². The maximum absolute atomic E-state index is 14.3. The van der Waals surface area contributed by atoms with Crippen LogP contribution in [0.1, 0.15) is 76.0 Å². The van der Waals surface area contributed by atoms with Gasteiger partial charge in [0.1, 0.15) is 0 Å². The largest absolute Gasteiger partial charge is 0.343 e. The number of nitrogens with zero attached hydrogens (tertiary/aromatic N) is 2. The van der Waals surface area contributed by atoms with Crippen molar-refractivity contribution in [2.24, 2.45) is 10.8 Å². The Bertz CT molecular complexity index is 1750. The zero-order valence-corrected chi connectivity index (χ0v) is 25.7. The van der Waals surface area contributed by atoms with Gasteiger partial charge in [0.25, 0.3) is 0 Å². The quantitative estimate of drug-likeness (QED) is 0.242.